The fourth-order valence-electron chi connectivity index (χ4n) is 11.7. The first-order chi connectivity index (χ1) is 46.3. The maximum Gasteiger partial charge on any atom is 0.339 e. The molecule has 2 unspecified atom stereocenters. The molecule has 0 radical (unpaired) electrons. The number of nitrogens with two attached hydrogens (primary N) is 1. The van der Waals surface area contributed by atoms with Gasteiger partial charge in [-0.15, -0.1) is 0 Å². The number of hydrogen-bond donors (Lipinski definition) is 16. The number of H-pyrrole nitrogens is 1. The summed E-state index contributed by atoms with van der Waals surface area (Å²) in [4.78, 5) is 161. The van der Waals surface area contributed by atoms with Gasteiger partial charge in [-0.2, -0.15) is 0 Å². The minimum absolute atomic E-state index is 0.0513. The van der Waals surface area contributed by atoms with E-state index in [0.717, 1.165) is 41.6 Å². The van der Waals surface area contributed by atoms with Crippen molar-refractivity contribution >= 4 is 93.3 Å². The largest absolute Gasteiger partial charge is 0.508 e. The topological polar surface area (TPSA) is 443 Å². The van der Waals surface area contributed by atoms with E-state index in [2.05, 4.69) is 57.3 Å². The van der Waals surface area contributed by atoms with Gasteiger partial charge in [0.2, 0.25) is 47.3 Å². The van der Waals surface area contributed by atoms with Crippen LogP contribution in [0.2, 0.25) is 0 Å². The molecule has 30 nitrogen and oxygen atoms in total. The van der Waals surface area contributed by atoms with Gasteiger partial charge in [-0.05, 0) is 107 Å². The summed E-state index contributed by atoms with van der Waals surface area (Å²) < 4.78 is 12.0. The van der Waals surface area contributed by atoms with Crippen LogP contribution in [0.3, 0.4) is 0 Å². The third kappa shape index (κ3) is 25.2. The van der Waals surface area contributed by atoms with Gasteiger partial charge in [-0.25, -0.2) is 4.79 Å². The average molecular weight is 1410 g/mol. The van der Waals surface area contributed by atoms with E-state index < -0.39 is 127 Å². The fourth-order valence-corrected chi connectivity index (χ4v) is 14.8. The fraction of sp³-hybridized carbons (Fsp3) is 0.547. The summed E-state index contributed by atoms with van der Waals surface area (Å²) in [6.07, 6.45) is -0.480. The summed E-state index contributed by atoms with van der Waals surface area (Å²) in [7, 11) is -2.48. The Morgan fingerprint density at radius 1 is 0.660 bits per heavy atom. The van der Waals surface area contributed by atoms with Crippen LogP contribution < -0.4 is 48.3 Å². The molecule has 3 fully saturated rings. The highest BCUT2D eigenvalue weighted by Crippen LogP contribution is 2.35. The highest BCUT2D eigenvalue weighted by atomic mass is 33.1. The minimum atomic E-state index is -4.27. The predicted molar refractivity (Wildman–Crippen MR) is 365 cm³/mol. The Balaban J connectivity index is 1.23. The smallest absolute Gasteiger partial charge is 0.339 e. The Morgan fingerprint density at radius 3 is 1.91 bits per heavy atom. The second-order valence-electron chi connectivity index (χ2n) is 24.8. The SMILES string of the molecule is C[C@@H](O)[C@H](NC(=O)[C@@H]1CSSC[C@H](NC(=O)[C@H](Cc2ccccc2)NC(=O)CN2CCCN3CCN(CCCN(CP(=O)(O)O)CC3)CC2)C(=O)N[C@@H](Cc2ccc(O)cc2)C(=O)N[C@H](Cc2c[nH]c3ccccc23)C(=O)N[C@@H](CCCCN)C(=O)N[C@@H]([C@@H](C)O)C(=O)N1)C(=O)O. The number of aromatic nitrogens is 1. The number of benzene rings is 3. The average Bonchev–Trinajstić information content (AvgIpc) is 1.42. The van der Waals surface area contributed by atoms with Crippen LogP contribution >= 0.6 is 29.2 Å². The highest BCUT2D eigenvalue weighted by Gasteiger charge is 2.38. The molecule has 3 aliphatic rings. The number of rotatable bonds is 22. The molecule has 12 atom stereocenters. The van der Waals surface area contributed by atoms with E-state index in [1.807, 2.05) is 15.9 Å². The third-order valence-corrected chi connectivity index (χ3v) is 20.2. The number of carboxylic acids is 1. The molecule has 3 aromatic carbocycles. The van der Waals surface area contributed by atoms with Crippen molar-refractivity contribution in [2.24, 2.45) is 5.73 Å². The van der Waals surface area contributed by atoms with Crippen LogP contribution in [-0.4, -0.2) is 265 Å². The lowest BCUT2D eigenvalue weighted by molar-refractivity contribution is -0.145. The monoisotopic (exact) mass is 1410 g/mol. The van der Waals surface area contributed by atoms with Crippen LogP contribution in [-0.2, 0) is 67.0 Å². The normalized spacial score (nSPS) is 24.3. The van der Waals surface area contributed by atoms with E-state index in [0.29, 0.717) is 99.2 Å². The zero-order chi connectivity index (χ0) is 70.2. The first kappa shape index (κ1) is 77.2. The maximum atomic E-state index is 15.3. The molecule has 532 valence electrons. The Kier molecular flexibility index (Phi) is 30.4. The molecule has 4 heterocycles. The van der Waals surface area contributed by atoms with Crippen LogP contribution in [0.5, 0.6) is 5.75 Å². The number of para-hydroxylation sites is 1. The summed E-state index contributed by atoms with van der Waals surface area (Å²) >= 11 is 0. The number of phenols is 1. The molecule has 3 saturated heterocycles. The number of carboxylic acid groups (broad SMARTS) is 1. The Hall–Kier alpha value is -7.20. The molecule has 7 rings (SSSR count). The number of nitrogens with one attached hydrogen (secondary N) is 9. The van der Waals surface area contributed by atoms with Gasteiger partial charge in [0.25, 0.3) is 0 Å². The van der Waals surface area contributed by atoms with Gasteiger partial charge in [0.1, 0.15) is 54.3 Å². The van der Waals surface area contributed by atoms with E-state index in [-0.39, 0.29) is 63.0 Å². The van der Waals surface area contributed by atoms with Crippen molar-refractivity contribution in [3.63, 3.8) is 0 Å². The highest BCUT2D eigenvalue weighted by molar-refractivity contribution is 8.76. The van der Waals surface area contributed by atoms with E-state index in [1.54, 1.807) is 54.7 Å². The van der Waals surface area contributed by atoms with E-state index in [4.69, 9.17) is 5.73 Å². The number of aromatic amines is 1. The van der Waals surface area contributed by atoms with E-state index in [9.17, 15) is 63.5 Å². The number of hydrogen-bond acceptors (Lipinski definition) is 20. The molecule has 0 spiro atoms. The molecule has 33 heteroatoms. The first-order valence-corrected chi connectivity index (χ1v) is 36.9. The van der Waals surface area contributed by atoms with Crippen molar-refractivity contribution in [3.05, 3.63) is 102 Å². The van der Waals surface area contributed by atoms with Crippen molar-refractivity contribution in [1.29, 1.82) is 0 Å². The first-order valence-electron chi connectivity index (χ1n) is 32.6. The van der Waals surface area contributed by atoms with E-state index in [1.165, 1.54) is 31.2 Å². The number of aromatic hydroxyl groups is 1. The van der Waals surface area contributed by atoms with Gasteiger partial charge >= 0.3 is 13.6 Å². The number of nitrogens with zero attached hydrogens (tertiary/aromatic N) is 4. The summed E-state index contributed by atoms with van der Waals surface area (Å²) in [6, 6.07) is 9.13. The molecule has 97 heavy (non-hydrogen) atoms. The lowest BCUT2D eigenvalue weighted by atomic mass is 10.0. The lowest BCUT2D eigenvalue weighted by Crippen LogP contribution is -2.62. The zero-order valence-electron chi connectivity index (χ0n) is 54.5. The van der Waals surface area contributed by atoms with Crippen LogP contribution in [0, 0.1) is 0 Å². The molecule has 17 N–H and O–H groups in total. The molecule has 3 aliphatic heterocycles. The minimum Gasteiger partial charge on any atom is -0.508 e. The van der Waals surface area contributed by atoms with Crippen molar-refractivity contribution in [3.8, 4) is 5.75 Å². The van der Waals surface area contributed by atoms with Gasteiger partial charge in [0.05, 0.1) is 18.8 Å². The maximum absolute atomic E-state index is 15.3. The van der Waals surface area contributed by atoms with Crippen LogP contribution in [0.1, 0.15) is 62.6 Å². The van der Waals surface area contributed by atoms with Crippen LogP contribution in [0.4, 0.5) is 0 Å². The Bertz CT molecular complexity index is 3330. The van der Waals surface area contributed by atoms with Gasteiger partial charge in [-0.1, -0.05) is 82.3 Å². The molecule has 0 saturated carbocycles. The Labute approximate surface area is 571 Å². The summed E-state index contributed by atoms with van der Waals surface area (Å²) in [5.41, 5.74) is 8.20. The van der Waals surface area contributed by atoms with Crippen LogP contribution in [0.15, 0.2) is 85.1 Å². The number of aliphatic hydroxyl groups excluding tert-OH is 2. The van der Waals surface area contributed by atoms with Crippen molar-refractivity contribution in [2.45, 2.75) is 126 Å². The van der Waals surface area contributed by atoms with Crippen molar-refractivity contribution in [2.75, 3.05) is 96.3 Å². The summed E-state index contributed by atoms with van der Waals surface area (Å²) in [6.45, 7) is 8.39. The van der Waals surface area contributed by atoms with Gasteiger partial charge < -0.3 is 93.3 Å². The zero-order valence-corrected chi connectivity index (χ0v) is 57.0. The molecule has 0 aliphatic carbocycles. The van der Waals surface area contributed by atoms with Crippen molar-refractivity contribution in [1.82, 2.24) is 67.1 Å². The predicted octanol–water partition coefficient (Wildman–Crippen LogP) is -1.70. The van der Waals surface area contributed by atoms with Gasteiger partial charge in [-0.3, -0.25) is 52.7 Å². The number of aliphatic hydroxyl groups is 2. The standard InChI is InChI=1S/C64H93N14O16PS2/c1-40(79)55-63(89)72-53(62(88)74-56(41(2)80)64(90)91)38-97-96-37-52(71-58(84)49(32-42-12-4-3-5-13-42)67-54(82)36-77-24-10-22-76-27-26-75(28-30-77)23-11-25-78(31-29-76)39-95(92,93)94)61(87)69-50(33-43-17-19-45(81)20-18-43)59(85)70-51(34-44-35-66-47-15-7-6-14-46(44)47)60(86)68-48(57(83)73-55)16-8-9-21-65/h3-7,12-15,17-20,35,40-41,48-53,55-56,66,79-81H,8-11,16,21-34,36-39,65H2,1-2H3,(H,67,82)(H,68,86)(H,69,87)(H,70,85)(H,71,84)(H,72,89)(H,73,83)(H,74,88)(H,90,91)(H2,92,93,94)/t40-,41-,48+,49+,50+,51-,52+,53+,55+,56+/m1/s1. The van der Waals surface area contributed by atoms with Gasteiger partial charge in [0, 0.05) is 93.7 Å². The van der Waals surface area contributed by atoms with Gasteiger partial charge in [0.15, 0.2) is 6.04 Å². The quantitative estimate of drug-likeness (QED) is 0.0237. The van der Waals surface area contributed by atoms with Crippen LogP contribution in [0.25, 0.3) is 10.9 Å². The molecular formula is C64H93N14O16PS2. The number of carbonyl (C=O) groups is 9. The number of fused-ring (bicyclic) bond motifs is 4. The number of amides is 8. The number of unbranched alkanes of at least 4 members (excludes halogenated alkanes) is 1. The number of aliphatic carboxylic acids is 1. The number of phenolic OH excluding ortho intramolecular Hbond substituents is 1. The number of carbonyl (C=O) groups excluding carboxylic acids is 8. The molecular weight excluding hydrogens is 1320 g/mol. The molecule has 8 amide bonds. The summed E-state index contributed by atoms with van der Waals surface area (Å²) in [5, 5.41) is 63.7. The second kappa shape index (κ2) is 38.2. The summed E-state index contributed by atoms with van der Waals surface area (Å²) in [5.74, 6) is -9.66. The molecule has 2 bridgehead atoms. The molecule has 1 aromatic heterocycles. The lowest BCUT2D eigenvalue weighted by Gasteiger charge is -2.35. The molecule has 4 aromatic rings. The second-order valence-corrected chi connectivity index (χ2v) is 29.0. The third-order valence-electron chi connectivity index (χ3n) is 17.0. The van der Waals surface area contributed by atoms with Crippen molar-refractivity contribution < 1.29 is 77.9 Å². The van der Waals surface area contributed by atoms with E-state index >= 15 is 14.4 Å². The Morgan fingerprint density at radius 2 is 1.26 bits per heavy atom.